The monoisotopic (exact) mass is 307 g/mol. The van der Waals surface area contributed by atoms with Crippen LogP contribution < -0.4 is 5.32 Å². The highest BCUT2D eigenvalue weighted by molar-refractivity contribution is 7.13. The molecule has 2 unspecified atom stereocenters. The molecule has 2 atom stereocenters. The molecule has 0 saturated carbocycles. The molecule has 116 valence electrons. The van der Waals surface area contributed by atoms with Crippen LogP contribution in [-0.4, -0.2) is 33.3 Å². The van der Waals surface area contributed by atoms with E-state index < -0.39 is 0 Å². The second-order valence-corrected chi connectivity index (χ2v) is 6.78. The molecule has 0 fully saturated rings. The fourth-order valence-corrected chi connectivity index (χ4v) is 3.36. The van der Waals surface area contributed by atoms with Crippen LogP contribution in [0.5, 0.6) is 0 Å². The van der Waals surface area contributed by atoms with Crippen molar-refractivity contribution in [3.8, 4) is 10.7 Å². The number of hydrogen-bond acceptors (Lipinski definition) is 4. The lowest BCUT2D eigenvalue weighted by molar-refractivity contribution is 0.151. The fourth-order valence-electron chi connectivity index (χ4n) is 2.64. The third-order valence-electron chi connectivity index (χ3n) is 3.78. The molecule has 5 heteroatoms. The van der Waals surface area contributed by atoms with Gasteiger partial charge in [-0.3, -0.25) is 0 Å². The first-order chi connectivity index (χ1) is 10.1. The molecule has 2 heterocycles. The van der Waals surface area contributed by atoms with Crippen molar-refractivity contribution in [1.29, 1.82) is 0 Å². The Hall–Kier alpha value is -1.17. The van der Waals surface area contributed by atoms with Gasteiger partial charge in [0.2, 0.25) is 0 Å². The second-order valence-electron chi connectivity index (χ2n) is 5.83. The molecule has 0 aliphatic heterocycles. The van der Waals surface area contributed by atoms with Crippen molar-refractivity contribution in [3.05, 3.63) is 29.9 Å². The molecule has 0 radical (unpaired) electrons. The maximum Gasteiger partial charge on any atom is 0.150 e. The maximum absolute atomic E-state index is 9.73. The minimum atomic E-state index is -0.258. The van der Waals surface area contributed by atoms with Crippen LogP contribution in [-0.2, 0) is 0 Å². The van der Waals surface area contributed by atoms with Gasteiger partial charge in [0.25, 0.3) is 0 Å². The third-order valence-corrected chi connectivity index (χ3v) is 4.65. The molecule has 21 heavy (non-hydrogen) atoms. The number of aromatic nitrogens is 2. The second kappa shape index (κ2) is 7.20. The lowest BCUT2D eigenvalue weighted by atomic mass is 9.94. The van der Waals surface area contributed by atoms with E-state index in [1.807, 2.05) is 18.5 Å². The van der Waals surface area contributed by atoms with Gasteiger partial charge in [-0.2, -0.15) is 0 Å². The van der Waals surface area contributed by atoms with Gasteiger partial charge in [-0.15, -0.1) is 11.3 Å². The zero-order chi connectivity index (χ0) is 15.3. The van der Waals surface area contributed by atoms with E-state index in [4.69, 9.17) is 0 Å². The zero-order valence-corrected chi connectivity index (χ0v) is 13.9. The zero-order valence-electron chi connectivity index (χ0n) is 13.0. The molecule has 0 aromatic carbocycles. The molecule has 0 amide bonds. The van der Waals surface area contributed by atoms with E-state index in [1.54, 1.807) is 11.3 Å². The predicted octanol–water partition coefficient (Wildman–Crippen LogP) is 3.31. The van der Waals surface area contributed by atoms with E-state index in [0.29, 0.717) is 0 Å². The quantitative estimate of drug-likeness (QED) is 0.786. The third kappa shape index (κ3) is 3.93. The summed E-state index contributed by atoms with van der Waals surface area (Å²) in [5.41, 5.74) is -0.258. The lowest BCUT2D eigenvalue weighted by Gasteiger charge is -2.32. The van der Waals surface area contributed by atoms with Crippen molar-refractivity contribution in [2.45, 2.75) is 45.2 Å². The van der Waals surface area contributed by atoms with Crippen molar-refractivity contribution >= 4 is 11.3 Å². The summed E-state index contributed by atoms with van der Waals surface area (Å²) in [7, 11) is 0. The number of rotatable bonds is 8. The van der Waals surface area contributed by atoms with E-state index in [0.717, 1.165) is 25.2 Å². The Morgan fingerprint density at radius 2 is 2.33 bits per heavy atom. The maximum atomic E-state index is 9.73. The Kier molecular flexibility index (Phi) is 5.56. The molecule has 0 spiro atoms. The van der Waals surface area contributed by atoms with Crippen molar-refractivity contribution in [3.63, 3.8) is 0 Å². The summed E-state index contributed by atoms with van der Waals surface area (Å²) in [4.78, 5) is 5.67. The first-order valence-electron chi connectivity index (χ1n) is 7.52. The largest absolute Gasteiger partial charge is 0.394 e. The van der Waals surface area contributed by atoms with Crippen molar-refractivity contribution < 1.29 is 5.11 Å². The van der Waals surface area contributed by atoms with Gasteiger partial charge in [0, 0.05) is 24.0 Å². The molecule has 2 rings (SSSR count). The van der Waals surface area contributed by atoms with Crippen LogP contribution in [0.25, 0.3) is 10.7 Å². The Balaban J connectivity index is 2.13. The van der Waals surface area contributed by atoms with Crippen LogP contribution in [0.4, 0.5) is 0 Å². The van der Waals surface area contributed by atoms with Crippen LogP contribution in [0, 0.1) is 0 Å². The molecule has 2 aromatic rings. The van der Waals surface area contributed by atoms with Gasteiger partial charge in [0.05, 0.1) is 11.5 Å². The first kappa shape index (κ1) is 16.2. The Morgan fingerprint density at radius 3 is 2.95 bits per heavy atom. The molecule has 0 aliphatic rings. The summed E-state index contributed by atoms with van der Waals surface area (Å²) in [5.74, 6) is 1.01. The van der Waals surface area contributed by atoms with Crippen LogP contribution in [0.1, 0.15) is 39.7 Å². The van der Waals surface area contributed by atoms with E-state index >= 15 is 0 Å². The molecular weight excluding hydrogens is 282 g/mol. The topological polar surface area (TPSA) is 50.1 Å². The molecule has 0 saturated heterocycles. The SMILES string of the molecule is CCCNC(C)(CO)CC(C)n1ccnc1-c1cccs1. The van der Waals surface area contributed by atoms with Crippen molar-refractivity contribution in [2.24, 2.45) is 0 Å². The van der Waals surface area contributed by atoms with Gasteiger partial charge < -0.3 is 15.0 Å². The average molecular weight is 307 g/mol. The van der Waals surface area contributed by atoms with Crippen LogP contribution >= 0.6 is 11.3 Å². The fraction of sp³-hybridized carbons (Fsp3) is 0.562. The van der Waals surface area contributed by atoms with Gasteiger partial charge in [-0.05, 0) is 44.7 Å². The number of aliphatic hydroxyl groups is 1. The number of nitrogens with one attached hydrogen (secondary N) is 1. The molecular formula is C16H25N3OS. The average Bonchev–Trinajstić information content (AvgIpc) is 3.14. The highest BCUT2D eigenvalue weighted by Gasteiger charge is 2.26. The van der Waals surface area contributed by atoms with Gasteiger partial charge in [0.15, 0.2) is 0 Å². The van der Waals surface area contributed by atoms with E-state index in [1.165, 1.54) is 4.88 Å². The summed E-state index contributed by atoms with van der Waals surface area (Å²) in [6.07, 6.45) is 5.80. The molecule has 0 aliphatic carbocycles. The summed E-state index contributed by atoms with van der Waals surface area (Å²) in [6, 6.07) is 4.41. The highest BCUT2D eigenvalue weighted by atomic mass is 32.1. The first-order valence-corrected chi connectivity index (χ1v) is 8.40. The molecule has 2 N–H and O–H groups in total. The predicted molar refractivity (Wildman–Crippen MR) is 88.7 cm³/mol. The minimum absolute atomic E-state index is 0.139. The van der Waals surface area contributed by atoms with Crippen LogP contribution in [0.15, 0.2) is 29.9 Å². The van der Waals surface area contributed by atoms with E-state index in [-0.39, 0.29) is 18.2 Å². The summed E-state index contributed by atoms with van der Waals surface area (Å²) < 4.78 is 2.20. The number of imidazole rings is 1. The number of nitrogens with zero attached hydrogens (tertiary/aromatic N) is 2. The van der Waals surface area contributed by atoms with Gasteiger partial charge in [0.1, 0.15) is 5.82 Å². The van der Waals surface area contributed by atoms with Crippen molar-refractivity contribution in [1.82, 2.24) is 14.9 Å². The smallest absolute Gasteiger partial charge is 0.150 e. The molecule has 2 aromatic heterocycles. The Labute approximate surface area is 130 Å². The van der Waals surface area contributed by atoms with E-state index in [9.17, 15) is 5.11 Å². The number of hydrogen-bond donors (Lipinski definition) is 2. The Morgan fingerprint density at radius 1 is 1.52 bits per heavy atom. The number of aliphatic hydroxyl groups excluding tert-OH is 1. The van der Waals surface area contributed by atoms with Crippen LogP contribution in [0.3, 0.4) is 0 Å². The number of thiophene rings is 1. The van der Waals surface area contributed by atoms with Gasteiger partial charge in [-0.25, -0.2) is 4.98 Å². The Bertz CT molecular complexity index is 537. The molecule has 0 bridgehead atoms. The summed E-state index contributed by atoms with van der Waals surface area (Å²) in [5, 5.41) is 15.3. The normalized spacial score (nSPS) is 15.8. The van der Waals surface area contributed by atoms with Gasteiger partial charge in [-0.1, -0.05) is 13.0 Å². The standard InChI is InChI=1S/C16H25N3OS/c1-4-7-18-16(3,12-20)11-13(2)19-9-8-17-15(19)14-6-5-10-21-14/h5-6,8-10,13,18,20H,4,7,11-12H2,1-3H3. The van der Waals surface area contributed by atoms with E-state index in [2.05, 4.69) is 47.1 Å². The molecule has 4 nitrogen and oxygen atoms in total. The van der Waals surface area contributed by atoms with Crippen LogP contribution in [0.2, 0.25) is 0 Å². The minimum Gasteiger partial charge on any atom is -0.394 e. The highest BCUT2D eigenvalue weighted by Crippen LogP contribution is 2.28. The van der Waals surface area contributed by atoms with Gasteiger partial charge >= 0.3 is 0 Å². The summed E-state index contributed by atoms with van der Waals surface area (Å²) >= 11 is 1.70. The van der Waals surface area contributed by atoms with Crippen molar-refractivity contribution in [2.75, 3.05) is 13.2 Å². The summed E-state index contributed by atoms with van der Waals surface area (Å²) in [6.45, 7) is 7.46. The lowest BCUT2D eigenvalue weighted by Crippen LogP contribution is -2.47.